The van der Waals surface area contributed by atoms with Gasteiger partial charge in [0.1, 0.15) is 17.2 Å². The number of nitrogens with one attached hydrogen (secondary N) is 1. The third-order valence-corrected chi connectivity index (χ3v) is 6.55. The highest BCUT2D eigenvalue weighted by Gasteiger charge is 2.28. The van der Waals surface area contributed by atoms with E-state index < -0.39 is 5.91 Å². The normalized spacial score (nSPS) is 14.3. The molecule has 1 aliphatic heterocycles. The standard InChI is InChI=1S/C27H27N5O3/c1-17(18(2)33)31-14-12-19(13-15-31)23-16-29-32-25(26(28)34)24(30-27(23)32)20-8-10-22(11-9-20)35-21-6-4-3-5-7-21/h3-11,16,19,29H,1,12-15H2,2H3,(H2,28,34). The summed E-state index contributed by atoms with van der Waals surface area (Å²) >= 11 is 0. The number of Topliss-reactive ketones (excluding diaryl/α,β-unsaturated/α-hetero) is 1. The lowest BCUT2D eigenvalue weighted by atomic mass is 9.91. The van der Waals surface area contributed by atoms with E-state index in [2.05, 4.69) is 11.7 Å². The number of allylic oxidation sites excluding steroid dienone is 1. The van der Waals surface area contributed by atoms with Gasteiger partial charge in [-0.25, -0.2) is 9.50 Å². The molecule has 1 saturated heterocycles. The van der Waals surface area contributed by atoms with Gasteiger partial charge in [-0.3, -0.25) is 14.7 Å². The maximum absolute atomic E-state index is 12.4. The van der Waals surface area contributed by atoms with Crippen molar-refractivity contribution in [2.75, 3.05) is 13.1 Å². The van der Waals surface area contributed by atoms with Crippen molar-refractivity contribution in [1.29, 1.82) is 0 Å². The van der Waals surface area contributed by atoms with Crippen LogP contribution in [0.15, 0.2) is 73.1 Å². The minimum atomic E-state index is -0.557. The molecule has 0 saturated carbocycles. The summed E-state index contributed by atoms with van der Waals surface area (Å²) in [4.78, 5) is 31.0. The Morgan fingerprint density at radius 2 is 1.71 bits per heavy atom. The number of piperidine rings is 1. The molecule has 0 spiro atoms. The zero-order valence-electron chi connectivity index (χ0n) is 19.5. The van der Waals surface area contributed by atoms with Crippen LogP contribution in [0, 0.1) is 0 Å². The van der Waals surface area contributed by atoms with Crippen LogP contribution in [-0.2, 0) is 4.79 Å². The van der Waals surface area contributed by atoms with E-state index >= 15 is 0 Å². The van der Waals surface area contributed by atoms with Gasteiger partial charge in [0.25, 0.3) is 5.91 Å². The van der Waals surface area contributed by atoms with Crippen molar-refractivity contribution < 1.29 is 14.3 Å². The third-order valence-electron chi connectivity index (χ3n) is 6.55. The molecule has 1 aliphatic rings. The lowest BCUT2D eigenvalue weighted by Gasteiger charge is -2.33. The first kappa shape index (κ1) is 22.5. The fraction of sp³-hybridized carbons (Fsp3) is 0.222. The van der Waals surface area contributed by atoms with E-state index in [-0.39, 0.29) is 11.7 Å². The first-order chi connectivity index (χ1) is 16.9. The number of aromatic amines is 1. The van der Waals surface area contributed by atoms with Crippen molar-refractivity contribution in [3.05, 3.63) is 84.3 Å². The number of nitrogens with zero attached hydrogens (tertiary/aromatic N) is 3. The Balaban J connectivity index is 1.42. The van der Waals surface area contributed by atoms with E-state index in [1.807, 2.05) is 65.7 Å². The van der Waals surface area contributed by atoms with Crippen LogP contribution in [0.3, 0.4) is 0 Å². The van der Waals surface area contributed by atoms with Gasteiger partial charge in [0.05, 0.1) is 5.70 Å². The van der Waals surface area contributed by atoms with Gasteiger partial charge < -0.3 is 15.4 Å². The lowest BCUT2D eigenvalue weighted by molar-refractivity contribution is -0.115. The number of hydrogen-bond acceptors (Lipinski definition) is 5. The van der Waals surface area contributed by atoms with Crippen LogP contribution in [0.5, 0.6) is 11.5 Å². The maximum atomic E-state index is 12.4. The number of fused-ring (bicyclic) bond motifs is 1. The smallest absolute Gasteiger partial charge is 0.269 e. The number of nitrogens with two attached hydrogens (primary N) is 1. The van der Waals surface area contributed by atoms with E-state index in [1.54, 1.807) is 11.4 Å². The number of aromatic nitrogens is 3. The number of para-hydroxylation sites is 1. The number of primary amides is 1. The van der Waals surface area contributed by atoms with Crippen LogP contribution in [0.4, 0.5) is 0 Å². The Morgan fingerprint density at radius 3 is 2.34 bits per heavy atom. The van der Waals surface area contributed by atoms with Crippen LogP contribution >= 0.6 is 0 Å². The van der Waals surface area contributed by atoms with E-state index in [0.29, 0.717) is 28.5 Å². The summed E-state index contributed by atoms with van der Waals surface area (Å²) in [6.07, 6.45) is 3.62. The molecule has 8 heteroatoms. The van der Waals surface area contributed by atoms with Crippen molar-refractivity contribution in [1.82, 2.24) is 19.5 Å². The van der Waals surface area contributed by atoms with Crippen molar-refractivity contribution in [3.8, 4) is 22.8 Å². The van der Waals surface area contributed by atoms with Gasteiger partial charge in [0, 0.05) is 37.3 Å². The fourth-order valence-electron chi connectivity index (χ4n) is 4.66. The zero-order chi connectivity index (χ0) is 24.5. The van der Waals surface area contributed by atoms with Gasteiger partial charge in [-0.15, -0.1) is 0 Å². The summed E-state index contributed by atoms with van der Waals surface area (Å²) in [5.41, 5.74) is 9.67. The van der Waals surface area contributed by atoms with Gasteiger partial charge in [-0.2, -0.15) is 0 Å². The third kappa shape index (κ3) is 4.30. The predicted molar refractivity (Wildman–Crippen MR) is 133 cm³/mol. The van der Waals surface area contributed by atoms with E-state index in [0.717, 1.165) is 42.8 Å². The molecule has 8 nitrogen and oxygen atoms in total. The Labute approximate surface area is 203 Å². The summed E-state index contributed by atoms with van der Waals surface area (Å²) in [6.45, 7) is 6.95. The number of likely N-dealkylation sites (tertiary alicyclic amines) is 1. The molecule has 0 atom stereocenters. The van der Waals surface area contributed by atoms with Crippen LogP contribution in [0.25, 0.3) is 16.9 Å². The number of carbonyl (C=O) groups is 2. The number of hydrogen-bond donors (Lipinski definition) is 2. The average Bonchev–Trinajstić information content (AvgIpc) is 3.44. The van der Waals surface area contributed by atoms with Crippen molar-refractivity contribution in [2.45, 2.75) is 25.7 Å². The topological polar surface area (TPSA) is 106 Å². The van der Waals surface area contributed by atoms with Gasteiger partial charge >= 0.3 is 0 Å². The molecule has 178 valence electrons. The van der Waals surface area contributed by atoms with Crippen LogP contribution in [0.2, 0.25) is 0 Å². The largest absolute Gasteiger partial charge is 0.457 e. The molecule has 35 heavy (non-hydrogen) atoms. The minimum Gasteiger partial charge on any atom is -0.457 e. The lowest BCUT2D eigenvalue weighted by Crippen LogP contribution is -2.34. The molecule has 0 unspecified atom stereocenters. The Bertz CT molecular complexity index is 1390. The van der Waals surface area contributed by atoms with Gasteiger partial charge in [0.15, 0.2) is 17.1 Å². The van der Waals surface area contributed by atoms with Crippen molar-refractivity contribution >= 4 is 17.3 Å². The Morgan fingerprint density at radius 1 is 1.06 bits per heavy atom. The van der Waals surface area contributed by atoms with E-state index in [9.17, 15) is 9.59 Å². The molecule has 3 heterocycles. The predicted octanol–water partition coefficient (Wildman–Crippen LogP) is 4.50. The second-order valence-electron chi connectivity index (χ2n) is 8.76. The van der Waals surface area contributed by atoms with Crippen LogP contribution in [-0.4, -0.2) is 44.3 Å². The summed E-state index contributed by atoms with van der Waals surface area (Å²) in [6, 6.07) is 17.0. The molecule has 4 aromatic rings. The number of amides is 1. The Kier molecular flexibility index (Phi) is 5.86. The SMILES string of the molecule is C=C(C(C)=O)N1CCC(c2c[nH]n3c(C(N)=O)c(-c4ccc(Oc5ccccc5)cc4)nc23)CC1. The number of ketones is 1. The van der Waals surface area contributed by atoms with Gasteiger partial charge in [0.2, 0.25) is 0 Å². The number of benzene rings is 2. The molecule has 0 aliphatic carbocycles. The van der Waals surface area contributed by atoms with Crippen LogP contribution < -0.4 is 10.5 Å². The average molecular weight is 470 g/mol. The molecule has 0 bridgehead atoms. The highest BCUT2D eigenvalue weighted by atomic mass is 16.5. The zero-order valence-corrected chi connectivity index (χ0v) is 19.5. The monoisotopic (exact) mass is 469 g/mol. The van der Waals surface area contributed by atoms with E-state index in [1.165, 1.54) is 0 Å². The quantitative estimate of drug-likeness (QED) is 0.388. The molecule has 1 fully saturated rings. The Hall–Kier alpha value is -4.33. The second kappa shape index (κ2) is 9.13. The molecular formula is C27H27N5O3. The summed E-state index contributed by atoms with van der Waals surface area (Å²) in [7, 11) is 0. The maximum Gasteiger partial charge on any atom is 0.269 e. The molecular weight excluding hydrogens is 442 g/mol. The molecule has 0 radical (unpaired) electrons. The minimum absolute atomic E-state index is 0.00308. The highest BCUT2D eigenvalue weighted by Crippen LogP contribution is 2.34. The van der Waals surface area contributed by atoms with E-state index in [4.69, 9.17) is 15.5 Å². The van der Waals surface area contributed by atoms with Gasteiger partial charge in [-0.1, -0.05) is 24.8 Å². The summed E-state index contributed by atoms with van der Waals surface area (Å²) in [5, 5.41) is 3.17. The first-order valence-electron chi connectivity index (χ1n) is 11.6. The summed E-state index contributed by atoms with van der Waals surface area (Å²) < 4.78 is 7.54. The van der Waals surface area contributed by atoms with Crippen molar-refractivity contribution in [3.63, 3.8) is 0 Å². The van der Waals surface area contributed by atoms with Gasteiger partial charge in [-0.05, 0) is 55.2 Å². The number of ether oxygens (including phenoxy) is 1. The van der Waals surface area contributed by atoms with Crippen molar-refractivity contribution in [2.24, 2.45) is 5.73 Å². The highest BCUT2D eigenvalue weighted by molar-refractivity contribution is 5.98. The molecule has 3 N–H and O–H groups in total. The number of H-pyrrole nitrogens is 1. The summed E-state index contributed by atoms with van der Waals surface area (Å²) in [5.74, 6) is 1.12. The fourth-order valence-corrected chi connectivity index (χ4v) is 4.66. The number of carbonyl (C=O) groups excluding carboxylic acids is 2. The molecule has 5 rings (SSSR count). The van der Waals surface area contributed by atoms with Crippen LogP contribution in [0.1, 0.15) is 41.7 Å². The first-order valence-corrected chi connectivity index (χ1v) is 11.6. The number of rotatable bonds is 7. The number of imidazole rings is 1. The molecule has 1 amide bonds. The molecule has 2 aromatic carbocycles. The molecule has 2 aromatic heterocycles. The second-order valence-corrected chi connectivity index (χ2v) is 8.76.